The molecule has 0 spiro atoms. The number of hydrogen-bond donors (Lipinski definition) is 2. The van der Waals surface area contributed by atoms with Crippen LogP contribution in [0.5, 0.6) is 0 Å². The normalized spacial score (nSPS) is 13.9. The first-order valence-corrected chi connectivity index (χ1v) is 9.01. The minimum Gasteiger partial charge on any atom is -0.378 e. The molecule has 0 radical (unpaired) electrons. The van der Waals surface area contributed by atoms with Gasteiger partial charge in [-0.3, -0.25) is 9.59 Å². The molecule has 0 unspecified atom stereocenters. The third-order valence-corrected chi connectivity index (χ3v) is 4.43. The lowest BCUT2D eigenvalue weighted by molar-refractivity contribution is -0.120. The van der Waals surface area contributed by atoms with Crippen LogP contribution in [0.3, 0.4) is 0 Å². The van der Waals surface area contributed by atoms with Crippen molar-refractivity contribution in [1.29, 1.82) is 0 Å². The third-order valence-electron chi connectivity index (χ3n) is 4.43. The number of hydrogen-bond acceptors (Lipinski definition) is 5. The molecule has 1 aromatic heterocycles. The molecule has 2 aromatic rings. The number of aromatic nitrogens is 1. The Morgan fingerprint density at radius 3 is 2.59 bits per heavy atom. The number of nitrogens with one attached hydrogen (secondary N) is 2. The largest absolute Gasteiger partial charge is 0.378 e. The van der Waals surface area contributed by atoms with Crippen LogP contribution in [-0.2, 0) is 16.1 Å². The molecule has 1 aromatic carbocycles. The van der Waals surface area contributed by atoms with Crippen molar-refractivity contribution in [2.45, 2.75) is 13.5 Å². The van der Waals surface area contributed by atoms with E-state index in [9.17, 15) is 9.59 Å². The maximum atomic E-state index is 12.1. The smallest absolute Gasteiger partial charge is 0.251 e. The number of nitrogens with zero attached hydrogens (tertiary/aromatic N) is 2. The molecule has 27 heavy (non-hydrogen) atoms. The summed E-state index contributed by atoms with van der Waals surface area (Å²) in [6, 6.07) is 11.2. The molecule has 142 valence electrons. The third kappa shape index (κ3) is 5.27. The van der Waals surface area contributed by atoms with Crippen LogP contribution in [0.4, 0.5) is 5.82 Å². The van der Waals surface area contributed by atoms with Gasteiger partial charge in [-0.05, 0) is 30.2 Å². The van der Waals surface area contributed by atoms with E-state index in [1.165, 1.54) is 0 Å². The van der Waals surface area contributed by atoms with Crippen LogP contribution < -0.4 is 15.5 Å². The Morgan fingerprint density at radius 1 is 1.11 bits per heavy atom. The molecule has 7 nitrogen and oxygen atoms in total. The number of pyridine rings is 1. The minimum atomic E-state index is -0.250. The molecule has 2 N–H and O–H groups in total. The fourth-order valence-corrected chi connectivity index (χ4v) is 2.85. The van der Waals surface area contributed by atoms with Gasteiger partial charge in [0.25, 0.3) is 5.91 Å². The zero-order valence-electron chi connectivity index (χ0n) is 15.4. The summed E-state index contributed by atoms with van der Waals surface area (Å²) in [6.07, 6.45) is 1.76. The van der Waals surface area contributed by atoms with E-state index in [1.54, 1.807) is 18.3 Å². The highest BCUT2D eigenvalue weighted by Gasteiger charge is 2.12. The van der Waals surface area contributed by atoms with Gasteiger partial charge in [-0.2, -0.15) is 0 Å². The van der Waals surface area contributed by atoms with Crippen molar-refractivity contribution in [2.75, 3.05) is 37.7 Å². The molecular formula is C20H24N4O3. The summed E-state index contributed by atoms with van der Waals surface area (Å²) in [4.78, 5) is 30.7. The highest BCUT2D eigenvalue weighted by Crippen LogP contribution is 2.13. The molecular weight excluding hydrogens is 344 g/mol. The average Bonchev–Trinajstić information content (AvgIpc) is 2.72. The number of ether oxygens (including phenoxy) is 1. The first-order valence-electron chi connectivity index (χ1n) is 9.01. The maximum Gasteiger partial charge on any atom is 0.251 e. The van der Waals surface area contributed by atoms with E-state index in [0.717, 1.165) is 30.0 Å². The molecule has 2 heterocycles. The van der Waals surface area contributed by atoms with Crippen molar-refractivity contribution in [3.05, 3.63) is 59.3 Å². The molecule has 1 aliphatic heterocycles. The number of carbonyl (C=O) groups is 2. The second-order valence-electron chi connectivity index (χ2n) is 6.40. The minimum absolute atomic E-state index is 0.0630. The van der Waals surface area contributed by atoms with Crippen LogP contribution in [0.25, 0.3) is 0 Å². The fraction of sp³-hybridized carbons (Fsp3) is 0.350. The zero-order chi connectivity index (χ0) is 19.1. The van der Waals surface area contributed by atoms with Crippen molar-refractivity contribution >= 4 is 17.6 Å². The number of rotatable bonds is 6. The Balaban J connectivity index is 1.43. The van der Waals surface area contributed by atoms with Crippen molar-refractivity contribution in [1.82, 2.24) is 15.6 Å². The molecule has 0 atom stereocenters. The van der Waals surface area contributed by atoms with E-state index >= 15 is 0 Å². The van der Waals surface area contributed by atoms with Gasteiger partial charge in [-0.25, -0.2) is 4.98 Å². The zero-order valence-corrected chi connectivity index (χ0v) is 15.4. The summed E-state index contributed by atoms with van der Waals surface area (Å²) in [5.41, 5.74) is 2.36. The Bertz CT molecular complexity index is 786. The van der Waals surface area contributed by atoms with Gasteiger partial charge in [-0.1, -0.05) is 24.3 Å². The quantitative estimate of drug-likeness (QED) is 0.802. The SMILES string of the molecule is Cc1ccccc1C(=O)NCC(=O)NCc1ccc(N2CCOCC2)nc1. The van der Waals surface area contributed by atoms with E-state index in [1.807, 2.05) is 31.2 Å². The molecule has 0 saturated carbocycles. The van der Waals surface area contributed by atoms with Crippen LogP contribution in [0.2, 0.25) is 0 Å². The van der Waals surface area contributed by atoms with Gasteiger partial charge in [0.2, 0.25) is 5.91 Å². The Kier molecular flexibility index (Phi) is 6.38. The van der Waals surface area contributed by atoms with Crippen LogP contribution in [-0.4, -0.2) is 49.6 Å². The van der Waals surface area contributed by atoms with E-state index in [2.05, 4.69) is 20.5 Å². The lowest BCUT2D eigenvalue weighted by Gasteiger charge is -2.27. The molecule has 1 aliphatic rings. The van der Waals surface area contributed by atoms with Gasteiger partial charge in [0.1, 0.15) is 5.82 Å². The molecule has 2 amide bonds. The Labute approximate surface area is 158 Å². The predicted octanol–water partition coefficient (Wildman–Crippen LogP) is 1.27. The van der Waals surface area contributed by atoms with Crippen molar-refractivity contribution in [3.8, 4) is 0 Å². The number of carbonyl (C=O) groups excluding carboxylic acids is 2. The fourth-order valence-electron chi connectivity index (χ4n) is 2.85. The average molecular weight is 368 g/mol. The number of morpholine rings is 1. The first kappa shape index (κ1) is 18.8. The first-order chi connectivity index (χ1) is 13.1. The lowest BCUT2D eigenvalue weighted by Crippen LogP contribution is -2.37. The topological polar surface area (TPSA) is 83.6 Å². The van der Waals surface area contributed by atoms with Crippen LogP contribution in [0, 0.1) is 6.92 Å². The molecule has 0 bridgehead atoms. The van der Waals surface area contributed by atoms with Gasteiger partial charge in [0.05, 0.1) is 19.8 Å². The predicted molar refractivity (Wildman–Crippen MR) is 103 cm³/mol. The summed E-state index contributed by atoms with van der Waals surface area (Å²) < 4.78 is 5.34. The second kappa shape index (κ2) is 9.14. The molecule has 7 heteroatoms. The highest BCUT2D eigenvalue weighted by molar-refractivity contribution is 5.97. The van der Waals surface area contributed by atoms with Crippen LogP contribution in [0.15, 0.2) is 42.6 Å². The Morgan fingerprint density at radius 2 is 1.89 bits per heavy atom. The number of benzene rings is 1. The summed E-state index contributed by atoms with van der Waals surface area (Å²) in [7, 11) is 0. The number of aryl methyl sites for hydroxylation is 1. The molecule has 3 rings (SSSR count). The summed E-state index contributed by atoms with van der Waals surface area (Å²) in [5, 5.41) is 5.43. The lowest BCUT2D eigenvalue weighted by atomic mass is 10.1. The van der Waals surface area contributed by atoms with Crippen LogP contribution >= 0.6 is 0 Å². The summed E-state index contributed by atoms with van der Waals surface area (Å²) in [5.74, 6) is 0.424. The van der Waals surface area contributed by atoms with Gasteiger partial charge < -0.3 is 20.3 Å². The number of anilines is 1. The number of amides is 2. The summed E-state index contributed by atoms with van der Waals surface area (Å²) in [6.45, 7) is 5.28. The molecule has 0 aliphatic carbocycles. The molecule has 1 fully saturated rings. The standard InChI is InChI=1S/C20H24N4O3/c1-15-4-2-3-5-17(15)20(26)23-14-19(25)22-13-16-6-7-18(21-12-16)24-8-10-27-11-9-24/h2-7,12H,8-11,13-14H2,1H3,(H,22,25)(H,23,26). The van der Waals surface area contributed by atoms with E-state index in [-0.39, 0.29) is 18.4 Å². The van der Waals surface area contributed by atoms with Gasteiger partial charge in [0.15, 0.2) is 0 Å². The summed E-state index contributed by atoms with van der Waals surface area (Å²) >= 11 is 0. The van der Waals surface area contributed by atoms with Crippen LogP contribution in [0.1, 0.15) is 21.5 Å². The van der Waals surface area contributed by atoms with E-state index in [4.69, 9.17) is 4.74 Å². The van der Waals surface area contributed by atoms with E-state index in [0.29, 0.717) is 25.3 Å². The van der Waals surface area contributed by atoms with Crippen molar-refractivity contribution in [2.24, 2.45) is 0 Å². The second-order valence-corrected chi connectivity index (χ2v) is 6.40. The van der Waals surface area contributed by atoms with Gasteiger partial charge in [0, 0.05) is 31.4 Å². The molecule has 1 saturated heterocycles. The Hall–Kier alpha value is -2.93. The van der Waals surface area contributed by atoms with Gasteiger partial charge >= 0.3 is 0 Å². The van der Waals surface area contributed by atoms with Crippen molar-refractivity contribution in [3.63, 3.8) is 0 Å². The monoisotopic (exact) mass is 368 g/mol. The highest BCUT2D eigenvalue weighted by atomic mass is 16.5. The maximum absolute atomic E-state index is 12.1. The van der Waals surface area contributed by atoms with E-state index < -0.39 is 0 Å². The van der Waals surface area contributed by atoms with Gasteiger partial charge in [-0.15, -0.1) is 0 Å². The van der Waals surface area contributed by atoms with Crippen molar-refractivity contribution < 1.29 is 14.3 Å².